The number of carbonyl (C=O) groups is 2. The van der Waals surface area contributed by atoms with Gasteiger partial charge in [-0.2, -0.15) is 0 Å². The van der Waals surface area contributed by atoms with E-state index in [9.17, 15) is 9.59 Å². The van der Waals surface area contributed by atoms with E-state index >= 15 is 0 Å². The van der Waals surface area contributed by atoms with Crippen LogP contribution < -0.4 is 5.32 Å². The standard InChI is InChI=1S/C12H15NO2Si/c1-16(2,3)7-8-5-4-6-9-10(8)12(15)13-11(9)14/h4-6H,7H2,1-3H3,(H,13,14,15). The monoisotopic (exact) mass is 233 g/mol. The van der Waals surface area contributed by atoms with Crippen molar-refractivity contribution >= 4 is 19.9 Å². The fourth-order valence-electron chi connectivity index (χ4n) is 2.01. The fourth-order valence-corrected chi connectivity index (χ4v) is 3.45. The lowest BCUT2D eigenvalue weighted by molar-refractivity contribution is 0.0879. The third-order valence-electron chi connectivity index (χ3n) is 2.57. The molecule has 2 rings (SSSR count). The molecule has 1 heterocycles. The number of benzene rings is 1. The lowest BCUT2D eigenvalue weighted by Crippen LogP contribution is -2.26. The van der Waals surface area contributed by atoms with Gasteiger partial charge in [0.1, 0.15) is 0 Å². The predicted molar refractivity (Wildman–Crippen MR) is 65.3 cm³/mol. The molecule has 0 saturated heterocycles. The number of rotatable bonds is 2. The van der Waals surface area contributed by atoms with Crippen molar-refractivity contribution in [3.05, 3.63) is 34.9 Å². The van der Waals surface area contributed by atoms with E-state index in [-0.39, 0.29) is 11.8 Å². The van der Waals surface area contributed by atoms with Crippen molar-refractivity contribution in [1.29, 1.82) is 0 Å². The van der Waals surface area contributed by atoms with Gasteiger partial charge in [0.2, 0.25) is 0 Å². The van der Waals surface area contributed by atoms with E-state index in [0.717, 1.165) is 11.6 Å². The Hall–Kier alpha value is -1.42. The number of hydrogen-bond acceptors (Lipinski definition) is 2. The van der Waals surface area contributed by atoms with E-state index in [2.05, 4.69) is 25.0 Å². The second kappa shape index (κ2) is 3.56. The number of amides is 2. The SMILES string of the molecule is C[Si](C)(C)Cc1cccc2c1C(=O)NC2=O. The van der Waals surface area contributed by atoms with Crippen LogP contribution in [0.25, 0.3) is 0 Å². The quantitative estimate of drug-likeness (QED) is 0.627. The first-order chi connectivity index (χ1) is 7.38. The highest BCUT2D eigenvalue weighted by molar-refractivity contribution is 6.75. The Balaban J connectivity index is 2.50. The van der Waals surface area contributed by atoms with Crippen LogP contribution in [0.3, 0.4) is 0 Å². The highest BCUT2D eigenvalue weighted by atomic mass is 28.3. The Labute approximate surface area is 95.9 Å². The molecule has 0 unspecified atom stereocenters. The lowest BCUT2D eigenvalue weighted by atomic mass is 10.0. The summed E-state index contributed by atoms with van der Waals surface area (Å²) in [5.41, 5.74) is 2.13. The minimum atomic E-state index is -1.28. The summed E-state index contributed by atoms with van der Waals surface area (Å²) < 4.78 is 0. The summed E-state index contributed by atoms with van der Waals surface area (Å²) in [5.74, 6) is -0.508. The second-order valence-electron chi connectivity index (χ2n) is 5.36. The molecule has 0 radical (unpaired) electrons. The number of imide groups is 1. The van der Waals surface area contributed by atoms with Crippen LogP contribution in [-0.4, -0.2) is 19.9 Å². The van der Waals surface area contributed by atoms with Crippen LogP contribution in [0.4, 0.5) is 0 Å². The van der Waals surface area contributed by atoms with Crippen LogP contribution in [0, 0.1) is 0 Å². The van der Waals surface area contributed by atoms with Crippen LogP contribution in [0.15, 0.2) is 18.2 Å². The molecule has 1 aromatic rings. The Morgan fingerprint density at radius 2 is 1.81 bits per heavy atom. The fraction of sp³-hybridized carbons (Fsp3) is 0.333. The van der Waals surface area contributed by atoms with Crippen molar-refractivity contribution < 1.29 is 9.59 Å². The van der Waals surface area contributed by atoms with E-state index in [4.69, 9.17) is 0 Å². The lowest BCUT2D eigenvalue weighted by Gasteiger charge is -2.17. The Morgan fingerprint density at radius 1 is 1.12 bits per heavy atom. The molecule has 0 aromatic heterocycles. The molecule has 1 aliphatic heterocycles. The summed E-state index contributed by atoms with van der Waals surface area (Å²) >= 11 is 0. The topological polar surface area (TPSA) is 46.2 Å². The van der Waals surface area contributed by atoms with Crippen LogP contribution in [0.5, 0.6) is 0 Å². The molecule has 0 spiro atoms. The second-order valence-corrected chi connectivity index (χ2v) is 10.8. The van der Waals surface area contributed by atoms with Gasteiger partial charge in [-0.1, -0.05) is 31.8 Å². The largest absolute Gasteiger partial charge is 0.288 e. The average molecular weight is 233 g/mol. The van der Waals surface area contributed by atoms with E-state index in [1.54, 1.807) is 6.07 Å². The van der Waals surface area contributed by atoms with Crippen molar-refractivity contribution in [1.82, 2.24) is 5.32 Å². The van der Waals surface area contributed by atoms with Gasteiger partial charge in [-0.25, -0.2) is 0 Å². The third-order valence-corrected chi connectivity index (χ3v) is 4.01. The minimum Gasteiger partial charge on any atom is -0.288 e. The maximum Gasteiger partial charge on any atom is 0.259 e. The van der Waals surface area contributed by atoms with Crippen molar-refractivity contribution in [2.75, 3.05) is 0 Å². The molecule has 0 saturated carbocycles. The van der Waals surface area contributed by atoms with Crippen molar-refractivity contribution in [2.45, 2.75) is 25.7 Å². The van der Waals surface area contributed by atoms with Gasteiger partial charge >= 0.3 is 0 Å². The van der Waals surface area contributed by atoms with Crippen LogP contribution in [-0.2, 0) is 6.04 Å². The van der Waals surface area contributed by atoms with Crippen molar-refractivity contribution in [3.8, 4) is 0 Å². The summed E-state index contributed by atoms with van der Waals surface area (Å²) in [7, 11) is -1.28. The van der Waals surface area contributed by atoms with Gasteiger partial charge in [0.25, 0.3) is 11.8 Å². The van der Waals surface area contributed by atoms with Gasteiger partial charge in [-0.05, 0) is 17.7 Å². The summed E-state index contributed by atoms with van der Waals surface area (Å²) in [4.78, 5) is 23.1. The first-order valence-corrected chi connectivity index (χ1v) is 9.07. The van der Waals surface area contributed by atoms with Crippen LogP contribution in [0.1, 0.15) is 26.3 Å². The molecule has 0 atom stereocenters. The zero-order valence-electron chi connectivity index (χ0n) is 9.76. The van der Waals surface area contributed by atoms with Gasteiger partial charge in [0.05, 0.1) is 11.1 Å². The van der Waals surface area contributed by atoms with Gasteiger partial charge in [-0.15, -0.1) is 0 Å². The molecule has 1 aliphatic rings. The number of fused-ring (bicyclic) bond motifs is 1. The first-order valence-electron chi connectivity index (χ1n) is 5.36. The van der Waals surface area contributed by atoms with E-state index < -0.39 is 8.07 Å². The van der Waals surface area contributed by atoms with Gasteiger partial charge in [-0.3, -0.25) is 14.9 Å². The van der Waals surface area contributed by atoms with E-state index in [0.29, 0.717) is 11.1 Å². The first kappa shape index (κ1) is 11.1. The summed E-state index contributed by atoms with van der Waals surface area (Å²) in [6, 6.07) is 6.45. The number of hydrogen-bond donors (Lipinski definition) is 1. The zero-order valence-corrected chi connectivity index (χ0v) is 10.8. The van der Waals surface area contributed by atoms with Gasteiger partial charge in [0.15, 0.2) is 0 Å². The smallest absolute Gasteiger partial charge is 0.259 e. The Kier molecular flexibility index (Phi) is 2.46. The summed E-state index contributed by atoms with van der Waals surface area (Å²) in [6.45, 7) is 6.75. The Morgan fingerprint density at radius 3 is 2.44 bits per heavy atom. The molecule has 1 N–H and O–H groups in total. The highest BCUT2D eigenvalue weighted by Crippen LogP contribution is 2.23. The highest BCUT2D eigenvalue weighted by Gasteiger charge is 2.30. The molecular weight excluding hydrogens is 218 g/mol. The Bertz CT molecular complexity index is 474. The zero-order chi connectivity index (χ0) is 11.9. The number of nitrogens with one attached hydrogen (secondary N) is 1. The molecule has 16 heavy (non-hydrogen) atoms. The summed E-state index contributed by atoms with van der Waals surface area (Å²) in [6.07, 6.45) is 0. The maximum atomic E-state index is 11.7. The van der Waals surface area contributed by atoms with Gasteiger partial charge in [0, 0.05) is 8.07 Å². The molecule has 3 nitrogen and oxygen atoms in total. The van der Waals surface area contributed by atoms with E-state index in [1.807, 2.05) is 12.1 Å². The minimum absolute atomic E-state index is 0.242. The molecule has 1 aromatic carbocycles. The van der Waals surface area contributed by atoms with Crippen molar-refractivity contribution in [2.24, 2.45) is 0 Å². The maximum absolute atomic E-state index is 11.7. The van der Waals surface area contributed by atoms with Crippen LogP contribution >= 0.6 is 0 Å². The average Bonchev–Trinajstić information content (AvgIpc) is 2.41. The molecule has 84 valence electrons. The molecule has 4 heteroatoms. The molecular formula is C12H15NO2Si. The molecule has 2 amide bonds. The number of carbonyl (C=O) groups excluding carboxylic acids is 2. The molecule has 0 fully saturated rings. The normalized spacial score (nSPS) is 14.9. The van der Waals surface area contributed by atoms with Gasteiger partial charge < -0.3 is 0 Å². The van der Waals surface area contributed by atoms with Crippen molar-refractivity contribution in [3.63, 3.8) is 0 Å². The third kappa shape index (κ3) is 1.93. The molecule has 0 aliphatic carbocycles. The van der Waals surface area contributed by atoms with E-state index in [1.165, 1.54) is 0 Å². The summed E-state index contributed by atoms with van der Waals surface area (Å²) in [5, 5.41) is 2.35. The van der Waals surface area contributed by atoms with Crippen LogP contribution in [0.2, 0.25) is 19.6 Å². The molecule has 0 bridgehead atoms. The predicted octanol–water partition coefficient (Wildman–Crippen LogP) is 1.99.